The Labute approximate surface area is 90.2 Å². The van der Waals surface area contributed by atoms with Crippen molar-refractivity contribution in [2.45, 2.75) is 0 Å². The topological polar surface area (TPSA) is 35.3 Å². The van der Waals surface area contributed by atoms with Crippen LogP contribution in [0.4, 0.5) is 0 Å². The van der Waals surface area contributed by atoms with Crippen molar-refractivity contribution in [3.8, 4) is 11.8 Å². The van der Waals surface area contributed by atoms with Crippen LogP contribution in [0.25, 0.3) is 0 Å². The predicted octanol–water partition coefficient (Wildman–Crippen LogP) is 3.57. The lowest BCUT2D eigenvalue weighted by atomic mass is 10.3. The van der Waals surface area contributed by atoms with Gasteiger partial charge in [0, 0.05) is 6.07 Å². The first-order valence-electron chi connectivity index (χ1n) is 3.70. The van der Waals surface area contributed by atoms with Crippen LogP contribution in [0.2, 0.25) is 10.0 Å². The van der Waals surface area contributed by atoms with Crippen LogP contribution in [0.3, 0.4) is 0 Å². The first kappa shape index (κ1) is 9.37. The number of hydrogen-bond donors (Lipinski definition) is 0. The summed E-state index contributed by atoms with van der Waals surface area (Å²) in [6.45, 7) is 0. The van der Waals surface area contributed by atoms with Crippen molar-refractivity contribution >= 4 is 23.2 Å². The van der Waals surface area contributed by atoms with Crippen molar-refractivity contribution in [2.75, 3.05) is 0 Å². The maximum atomic E-state index is 5.78. The molecule has 0 aliphatic carbocycles. The number of nitrogens with zero attached hydrogens (tertiary/aromatic N) is 1. The molecular formula is C9H4Cl2NO2. The van der Waals surface area contributed by atoms with E-state index in [2.05, 4.69) is 11.2 Å². The smallest absolute Gasteiger partial charge is 0.399 e. The summed E-state index contributed by atoms with van der Waals surface area (Å²) < 4.78 is 10.0. The number of ether oxygens (including phenoxy) is 1. The van der Waals surface area contributed by atoms with E-state index in [1.807, 2.05) is 0 Å². The summed E-state index contributed by atoms with van der Waals surface area (Å²) in [6, 6.07) is 4.87. The molecule has 1 aromatic carbocycles. The second kappa shape index (κ2) is 3.90. The SMILES string of the molecule is Clc1ccc(Oc2n[c]co2)cc1Cl. The third-order valence-electron chi connectivity index (χ3n) is 1.46. The van der Waals surface area contributed by atoms with Crippen LogP contribution in [-0.4, -0.2) is 4.98 Å². The molecule has 0 bridgehead atoms. The zero-order chi connectivity index (χ0) is 9.97. The van der Waals surface area contributed by atoms with Crippen molar-refractivity contribution in [3.63, 3.8) is 0 Å². The highest BCUT2D eigenvalue weighted by atomic mass is 35.5. The van der Waals surface area contributed by atoms with E-state index < -0.39 is 0 Å². The fraction of sp³-hybridized carbons (Fsp3) is 0. The molecule has 14 heavy (non-hydrogen) atoms. The Bertz CT molecular complexity index is 428. The molecule has 0 aliphatic rings. The minimum atomic E-state index is 0.114. The van der Waals surface area contributed by atoms with E-state index in [0.29, 0.717) is 15.8 Å². The van der Waals surface area contributed by atoms with Crippen molar-refractivity contribution in [1.82, 2.24) is 4.98 Å². The average Bonchev–Trinajstić information content (AvgIpc) is 2.64. The Morgan fingerprint density at radius 3 is 2.79 bits per heavy atom. The highest BCUT2D eigenvalue weighted by Gasteiger charge is 2.03. The Morgan fingerprint density at radius 2 is 2.14 bits per heavy atom. The molecule has 0 atom stereocenters. The maximum Gasteiger partial charge on any atom is 0.399 e. The Hall–Kier alpha value is -1.19. The van der Waals surface area contributed by atoms with Gasteiger partial charge in [0.25, 0.3) is 0 Å². The molecule has 1 aromatic heterocycles. The van der Waals surface area contributed by atoms with Crippen LogP contribution in [0.5, 0.6) is 11.8 Å². The van der Waals surface area contributed by atoms with Gasteiger partial charge >= 0.3 is 6.08 Å². The minimum Gasteiger partial charge on any atom is -0.417 e. The van der Waals surface area contributed by atoms with Crippen LogP contribution >= 0.6 is 23.2 Å². The van der Waals surface area contributed by atoms with Gasteiger partial charge in [-0.3, -0.25) is 0 Å². The summed E-state index contributed by atoms with van der Waals surface area (Å²) in [5.74, 6) is 0.509. The molecule has 0 saturated heterocycles. The van der Waals surface area contributed by atoms with Gasteiger partial charge < -0.3 is 9.15 Å². The largest absolute Gasteiger partial charge is 0.417 e. The summed E-state index contributed by atoms with van der Waals surface area (Å²) in [5.41, 5.74) is 0. The number of hydrogen-bond acceptors (Lipinski definition) is 3. The Morgan fingerprint density at radius 1 is 1.29 bits per heavy atom. The predicted molar refractivity (Wildman–Crippen MR) is 51.9 cm³/mol. The lowest BCUT2D eigenvalue weighted by Crippen LogP contribution is -1.83. The van der Waals surface area contributed by atoms with Crippen LogP contribution < -0.4 is 4.74 Å². The van der Waals surface area contributed by atoms with Gasteiger partial charge in [-0.2, -0.15) is 4.98 Å². The van der Waals surface area contributed by atoms with Gasteiger partial charge in [-0.05, 0) is 12.1 Å². The van der Waals surface area contributed by atoms with Gasteiger partial charge in [0.1, 0.15) is 18.2 Å². The van der Waals surface area contributed by atoms with Gasteiger partial charge in [0.15, 0.2) is 0 Å². The van der Waals surface area contributed by atoms with Crippen LogP contribution in [0, 0.1) is 6.20 Å². The highest BCUT2D eigenvalue weighted by molar-refractivity contribution is 6.42. The molecule has 0 N–H and O–H groups in total. The second-order valence-corrected chi connectivity index (χ2v) is 3.23. The number of benzene rings is 1. The molecule has 3 nitrogen and oxygen atoms in total. The first-order valence-corrected chi connectivity index (χ1v) is 4.46. The molecule has 71 valence electrons. The minimum absolute atomic E-state index is 0.114. The average molecular weight is 229 g/mol. The summed E-state index contributed by atoms with van der Waals surface area (Å²) in [5, 5.41) is 0.887. The summed E-state index contributed by atoms with van der Waals surface area (Å²) >= 11 is 11.5. The molecule has 0 amide bonds. The molecule has 2 aromatic rings. The van der Waals surface area contributed by atoms with Crippen molar-refractivity contribution in [1.29, 1.82) is 0 Å². The molecule has 0 spiro atoms. The molecule has 1 heterocycles. The van der Waals surface area contributed by atoms with E-state index in [1.54, 1.807) is 18.2 Å². The van der Waals surface area contributed by atoms with Crippen molar-refractivity contribution in [2.24, 2.45) is 0 Å². The summed E-state index contributed by atoms with van der Waals surface area (Å²) in [7, 11) is 0. The highest BCUT2D eigenvalue weighted by Crippen LogP contribution is 2.28. The van der Waals surface area contributed by atoms with Gasteiger partial charge in [-0.15, -0.1) is 0 Å². The Balaban J connectivity index is 2.22. The van der Waals surface area contributed by atoms with E-state index in [-0.39, 0.29) is 6.08 Å². The van der Waals surface area contributed by atoms with Gasteiger partial charge in [0.05, 0.1) is 10.0 Å². The van der Waals surface area contributed by atoms with Gasteiger partial charge in [-0.25, -0.2) is 0 Å². The van der Waals surface area contributed by atoms with E-state index in [0.717, 1.165) is 0 Å². The zero-order valence-electron chi connectivity index (χ0n) is 6.83. The van der Waals surface area contributed by atoms with Gasteiger partial charge in [0.2, 0.25) is 0 Å². The first-order chi connectivity index (χ1) is 6.75. The van der Waals surface area contributed by atoms with Crippen LogP contribution in [0.1, 0.15) is 0 Å². The van der Waals surface area contributed by atoms with E-state index in [4.69, 9.17) is 32.4 Å². The standard InChI is InChI=1S/C9H4Cl2NO2/c10-7-2-1-6(5-8(7)11)14-9-12-3-4-13-9/h1-2,4-5H. The molecule has 0 saturated carbocycles. The maximum absolute atomic E-state index is 5.78. The van der Waals surface area contributed by atoms with Crippen molar-refractivity contribution < 1.29 is 9.15 Å². The Kier molecular flexibility index (Phi) is 2.61. The quantitative estimate of drug-likeness (QED) is 0.789. The van der Waals surface area contributed by atoms with Crippen LogP contribution in [0.15, 0.2) is 28.9 Å². The molecule has 5 heteroatoms. The molecular weight excluding hydrogens is 225 g/mol. The van der Waals surface area contributed by atoms with Crippen molar-refractivity contribution in [3.05, 3.63) is 40.7 Å². The third-order valence-corrected chi connectivity index (χ3v) is 2.20. The van der Waals surface area contributed by atoms with E-state index in [9.17, 15) is 0 Å². The zero-order valence-corrected chi connectivity index (χ0v) is 8.34. The monoisotopic (exact) mass is 228 g/mol. The number of aromatic nitrogens is 1. The fourth-order valence-electron chi connectivity index (χ4n) is 0.870. The molecule has 0 fully saturated rings. The van der Waals surface area contributed by atoms with Crippen LogP contribution in [-0.2, 0) is 0 Å². The second-order valence-electron chi connectivity index (χ2n) is 2.42. The normalized spacial score (nSPS) is 10.1. The number of oxazole rings is 1. The van der Waals surface area contributed by atoms with Gasteiger partial charge in [-0.1, -0.05) is 23.2 Å². The van der Waals surface area contributed by atoms with E-state index >= 15 is 0 Å². The fourth-order valence-corrected chi connectivity index (χ4v) is 1.16. The molecule has 0 unspecified atom stereocenters. The number of rotatable bonds is 2. The summed E-state index contributed by atoms with van der Waals surface area (Å²) in [4.78, 5) is 3.67. The summed E-state index contributed by atoms with van der Waals surface area (Å²) in [6.07, 6.45) is 3.89. The molecule has 1 radical (unpaired) electrons. The molecule has 0 aliphatic heterocycles. The lowest BCUT2D eigenvalue weighted by molar-refractivity contribution is 0.331. The molecule has 2 rings (SSSR count). The number of halogens is 2. The lowest BCUT2D eigenvalue weighted by Gasteiger charge is -2.01. The van der Waals surface area contributed by atoms with E-state index in [1.165, 1.54) is 6.26 Å². The third kappa shape index (κ3) is 2.00.